The molecule has 2 aromatic rings. The summed E-state index contributed by atoms with van der Waals surface area (Å²) >= 11 is 0. The molecule has 0 aliphatic heterocycles. The number of hydrogen-bond donors (Lipinski definition) is 2. The summed E-state index contributed by atoms with van der Waals surface area (Å²) in [5.41, 5.74) is 2.06. The van der Waals surface area contributed by atoms with Gasteiger partial charge in [0.05, 0.1) is 12.2 Å². The van der Waals surface area contributed by atoms with Crippen LogP contribution in [0.4, 0.5) is 10.1 Å². The van der Waals surface area contributed by atoms with E-state index in [1.807, 2.05) is 6.07 Å². The van der Waals surface area contributed by atoms with Gasteiger partial charge in [0.2, 0.25) is 5.91 Å². The highest BCUT2D eigenvalue weighted by molar-refractivity contribution is 5.95. The van der Waals surface area contributed by atoms with Gasteiger partial charge in [0.15, 0.2) is 0 Å². The van der Waals surface area contributed by atoms with Crippen molar-refractivity contribution in [2.24, 2.45) is 0 Å². The highest BCUT2D eigenvalue weighted by Crippen LogP contribution is 2.16. The van der Waals surface area contributed by atoms with Crippen LogP contribution in [0.3, 0.4) is 0 Å². The van der Waals surface area contributed by atoms with E-state index >= 15 is 0 Å². The molecule has 0 bridgehead atoms. The summed E-state index contributed by atoms with van der Waals surface area (Å²) in [6.07, 6.45) is 0.922. The van der Waals surface area contributed by atoms with Gasteiger partial charge in [-0.15, -0.1) is 0 Å². The number of halogens is 1. The Hall–Kier alpha value is -2.89. The van der Waals surface area contributed by atoms with E-state index in [1.54, 1.807) is 37.3 Å². The lowest BCUT2D eigenvalue weighted by Gasteiger charge is -2.11. The maximum absolute atomic E-state index is 12.8. The SMILES string of the molecule is CCOC(=O)c1ccccc1NCCC(=O)NCCc1ccc(F)cc1. The second kappa shape index (κ2) is 10.2. The van der Waals surface area contributed by atoms with Crippen molar-refractivity contribution in [3.8, 4) is 0 Å². The summed E-state index contributed by atoms with van der Waals surface area (Å²) in [5, 5.41) is 5.92. The molecule has 0 aromatic heterocycles. The van der Waals surface area contributed by atoms with Gasteiger partial charge in [-0.1, -0.05) is 24.3 Å². The second-order valence-electron chi connectivity index (χ2n) is 5.67. The van der Waals surface area contributed by atoms with Crippen LogP contribution in [0.1, 0.15) is 29.3 Å². The van der Waals surface area contributed by atoms with Crippen molar-refractivity contribution in [3.05, 3.63) is 65.5 Å². The standard InChI is InChI=1S/C20H23FN2O3/c1-2-26-20(25)17-5-3-4-6-18(17)22-14-12-19(24)23-13-11-15-7-9-16(21)10-8-15/h3-10,22H,2,11-14H2,1H3,(H,23,24). The van der Waals surface area contributed by atoms with Crippen molar-refractivity contribution in [1.82, 2.24) is 5.32 Å². The van der Waals surface area contributed by atoms with Gasteiger partial charge in [-0.2, -0.15) is 0 Å². The normalized spacial score (nSPS) is 10.2. The van der Waals surface area contributed by atoms with Crippen LogP contribution in [0.15, 0.2) is 48.5 Å². The molecule has 0 saturated heterocycles. The third kappa shape index (κ3) is 6.20. The third-order valence-corrected chi connectivity index (χ3v) is 3.74. The number of rotatable bonds is 9. The van der Waals surface area contributed by atoms with Crippen LogP contribution >= 0.6 is 0 Å². The summed E-state index contributed by atoms with van der Waals surface area (Å²) in [6, 6.07) is 13.3. The number of anilines is 1. The molecular formula is C20H23FN2O3. The predicted molar refractivity (Wildman–Crippen MR) is 98.6 cm³/mol. The largest absolute Gasteiger partial charge is 0.462 e. The Morgan fingerprint density at radius 2 is 1.77 bits per heavy atom. The summed E-state index contributed by atoms with van der Waals surface area (Å²) < 4.78 is 17.8. The van der Waals surface area contributed by atoms with Gasteiger partial charge in [-0.3, -0.25) is 4.79 Å². The zero-order valence-corrected chi connectivity index (χ0v) is 14.8. The average Bonchev–Trinajstić information content (AvgIpc) is 2.64. The summed E-state index contributed by atoms with van der Waals surface area (Å²) in [5.74, 6) is -0.750. The molecule has 6 heteroatoms. The zero-order chi connectivity index (χ0) is 18.8. The first-order chi connectivity index (χ1) is 12.6. The van der Waals surface area contributed by atoms with Crippen LogP contribution in [-0.2, 0) is 16.0 Å². The van der Waals surface area contributed by atoms with Crippen molar-refractivity contribution in [2.45, 2.75) is 19.8 Å². The molecule has 26 heavy (non-hydrogen) atoms. The van der Waals surface area contributed by atoms with Crippen molar-refractivity contribution in [1.29, 1.82) is 0 Å². The summed E-state index contributed by atoms with van der Waals surface area (Å²) in [4.78, 5) is 23.8. The van der Waals surface area contributed by atoms with Gasteiger partial charge < -0.3 is 15.4 Å². The number of ether oxygens (including phenoxy) is 1. The lowest BCUT2D eigenvalue weighted by molar-refractivity contribution is -0.120. The first-order valence-electron chi connectivity index (χ1n) is 8.61. The minimum Gasteiger partial charge on any atom is -0.462 e. The molecule has 2 aromatic carbocycles. The monoisotopic (exact) mass is 358 g/mol. The van der Waals surface area contributed by atoms with Gasteiger partial charge in [0, 0.05) is 25.2 Å². The maximum Gasteiger partial charge on any atom is 0.340 e. The number of esters is 1. The maximum atomic E-state index is 12.8. The van der Waals surface area contributed by atoms with Gasteiger partial charge in [-0.05, 0) is 43.2 Å². The van der Waals surface area contributed by atoms with Gasteiger partial charge in [0.1, 0.15) is 5.82 Å². The highest BCUT2D eigenvalue weighted by atomic mass is 19.1. The van der Waals surface area contributed by atoms with E-state index in [1.165, 1.54) is 12.1 Å². The van der Waals surface area contributed by atoms with Crippen LogP contribution in [-0.4, -0.2) is 31.6 Å². The molecular weight excluding hydrogens is 335 g/mol. The van der Waals surface area contributed by atoms with Gasteiger partial charge in [0.25, 0.3) is 0 Å². The van der Waals surface area contributed by atoms with Crippen molar-refractivity contribution in [2.75, 3.05) is 25.0 Å². The van der Waals surface area contributed by atoms with Crippen LogP contribution in [0.2, 0.25) is 0 Å². The quantitative estimate of drug-likeness (QED) is 0.676. The summed E-state index contributed by atoms with van der Waals surface area (Å²) in [7, 11) is 0. The van der Waals surface area contributed by atoms with E-state index in [4.69, 9.17) is 4.74 Å². The highest BCUT2D eigenvalue weighted by Gasteiger charge is 2.11. The Kier molecular flexibility index (Phi) is 7.61. The van der Waals surface area contributed by atoms with Crippen molar-refractivity contribution >= 4 is 17.6 Å². The van der Waals surface area contributed by atoms with E-state index in [2.05, 4.69) is 10.6 Å². The topological polar surface area (TPSA) is 67.4 Å². The molecule has 1 amide bonds. The fourth-order valence-electron chi connectivity index (χ4n) is 2.42. The van der Waals surface area contributed by atoms with E-state index in [0.29, 0.717) is 37.4 Å². The fourth-order valence-corrected chi connectivity index (χ4v) is 2.42. The zero-order valence-electron chi connectivity index (χ0n) is 14.8. The molecule has 2 rings (SSSR count). The molecule has 0 unspecified atom stereocenters. The molecule has 0 spiro atoms. The van der Waals surface area contributed by atoms with Gasteiger partial charge >= 0.3 is 5.97 Å². The number of para-hydroxylation sites is 1. The lowest BCUT2D eigenvalue weighted by atomic mass is 10.1. The Labute approximate surface area is 152 Å². The number of benzene rings is 2. The Morgan fingerprint density at radius 3 is 2.50 bits per heavy atom. The lowest BCUT2D eigenvalue weighted by Crippen LogP contribution is -2.27. The Balaban J connectivity index is 1.73. The first-order valence-corrected chi connectivity index (χ1v) is 8.61. The van der Waals surface area contributed by atoms with Crippen LogP contribution in [0.5, 0.6) is 0 Å². The summed E-state index contributed by atoms with van der Waals surface area (Å²) in [6.45, 7) is 2.95. The van der Waals surface area contributed by atoms with E-state index in [9.17, 15) is 14.0 Å². The molecule has 0 atom stereocenters. The average molecular weight is 358 g/mol. The molecule has 0 aliphatic rings. The number of nitrogens with one attached hydrogen (secondary N) is 2. The minimum absolute atomic E-state index is 0.0896. The molecule has 138 valence electrons. The van der Waals surface area contributed by atoms with Crippen LogP contribution < -0.4 is 10.6 Å². The van der Waals surface area contributed by atoms with Crippen LogP contribution in [0, 0.1) is 5.82 Å². The molecule has 0 radical (unpaired) electrons. The molecule has 0 aliphatic carbocycles. The first kappa shape index (κ1) is 19.4. The molecule has 0 fully saturated rings. The van der Waals surface area contributed by atoms with Gasteiger partial charge in [-0.25, -0.2) is 9.18 Å². The van der Waals surface area contributed by atoms with E-state index in [0.717, 1.165) is 5.56 Å². The second-order valence-corrected chi connectivity index (χ2v) is 5.67. The smallest absolute Gasteiger partial charge is 0.340 e. The molecule has 5 nitrogen and oxygen atoms in total. The number of carbonyl (C=O) groups is 2. The van der Waals surface area contributed by atoms with Crippen molar-refractivity contribution in [3.63, 3.8) is 0 Å². The molecule has 0 heterocycles. The molecule has 2 N–H and O–H groups in total. The Bertz CT molecular complexity index is 732. The number of carbonyl (C=O) groups excluding carboxylic acids is 2. The number of hydrogen-bond acceptors (Lipinski definition) is 4. The van der Waals surface area contributed by atoms with E-state index < -0.39 is 0 Å². The number of amides is 1. The Morgan fingerprint density at radius 1 is 1.04 bits per heavy atom. The third-order valence-electron chi connectivity index (χ3n) is 3.74. The van der Waals surface area contributed by atoms with Crippen molar-refractivity contribution < 1.29 is 18.7 Å². The van der Waals surface area contributed by atoms with E-state index in [-0.39, 0.29) is 24.1 Å². The van der Waals surface area contributed by atoms with Crippen LogP contribution in [0.25, 0.3) is 0 Å². The fraction of sp³-hybridized carbons (Fsp3) is 0.300. The molecule has 0 saturated carbocycles. The predicted octanol–water partition coefficient (Wildman–Crippen LogP) is 3.16. The minimum atomic E-state index is -0.389.